The monoisotopic (exact) mass is 570 g/mol. The van der Waals surface area contributed by atoms with Gasteiger partial charge in [0.15, 0.2) is 29.1 Å². The van der Waals surface area contributed by atoms with Crippen molar-refractivity contribution in [3.8, 4) is 5.75 Å². The van der Waals surface area contributed by atoms with Gasteiger partial charge in [0.25, 0.3) is 0 Å². The van der Waals surface area contributed by atoms with Gasteiger partial charge in [-0.1, -0.05) is 25.8 Å². The average Bonchev–Trinajstić information content (AvgIpc) is 2.89. The highest BCUT2D eigenvalue weighted by Gasteiger charge is 2.40. The van der Waals surface area contributed by atoms with Crippen LogP contribution in [-0.2, 0) is 6.11 Å². The lowest BCUT2D eigenvalue weighted by Crippen LogP contribution is -2.24. The summed E-state index contributed by atoms with van der Waals surface area (Å²) in [7, 11) is 0. The molecule has 0 aromatic heterocycles. The predicted octanol–water partition coefficient (Wildman–Crippen LogP) is 10.2. The van der Waals surface area contributed by atoms with Crippen molar-refractivity contribution in [2.45, 2.75) is 57.5 Å². The Hall–Kier alpha value is -3.43. The van der Waals surface area contributed by atoms with E-state index in [9.17, 15) is 17.6 Å². The van der Waals surface area contributed by atoms with Gasteiger partial charge in [-0.15, -0.1) is 0 Å². The number of hydrogen-bond donors (Lipinski definition) is 0. The van der Waals surface area contributed by atoms with Gasteiger partial charge in [0, 0.05) is 6.07 Å². The molecule has 0 amide bonds. The van der Waals surface area contributed by atoms with Crippen LogP contribution in [0.4, 0.5) is 39.5 Å². The molecule has 0 radical (unpaired) electrons. The van der Waals surface area contributed by atoms with E-state index in [4.69, 9.17) is 0 Å². The van der Waals surface area contributed by atoms with Crippen molar-refractivity contribution in [2.24, 2.45) is 5.92 Å². The third kappa shape index (κ3) is 4.86. The fourth-order valence-electron chi connectivity index (χ4n) is 5.72. The van der Waals surface area contributed by atoms with Crippen LogP contribution in [0.3, 0.4) is 0 Å². The maximum absolute atomic E-state index is 15.3. The molecule has 0 N–H and O–H groups in total. The van der Waals surface area contributed by atoms with Gasteiger partial charge in [0.2, 0.25) is 0 Å². The summed E-state index contributed by atoms with van der Waals surface area (Å²) >= 11 is 0. The second-order valence-corrected chi connectivity index (χ2v) is 10.2. The Labute approximate surface area is 223 Å². The summed E-state index contributed by atoms with van der Waals surface area (Å²) < 4.78 is 136. The molecule has 0 aliphatic heterocycles. The summed E-state index contributed by atoms with van der Waals surface area (Å²) in [5.74, 6) is -12.5. The first kappa shape index (κ1) is 28.1. The van der Waals surface area contributed by atoms with Crippen LogP contribution in [0, 0.1) is 46.6 Å². The Morgan fingerprint density at radius 2 is 1.38 bits per heavy atom. The van der Waals surface area contributed by atoms with E-state index in [1.807, 2.05) is 0 Å². The summed E-state index contributed by atoms with van der Waals surface area (Å²) in [5, 5.41) is -2.75. The van der Waals surface area contributed by atoms with E-state index in [0.29, 0.717) is 37.0 Å². The molecule has 0 spiro atoms. The van der Waals surface area contributed by atoms with Crippen molar-refractivity contribution in [3.05, 3.63) is 88.2 Å². The molecule has 1 nitrogen and oxygen atoms in total. The number of ether oxygens (including phenoxy) is 1. The molecule has 0 bridgehead atoms. The van der Waals surface area contributed by atoms with Crippen LogP contribution in [0.15, 0.2) is 36.4 Å². The smallest absolute Gasteiger partial charge is 0.429 e. The highest BCUT2D eigenvalue weighted by molar-refractivity contribution is 5.86. The van der Waals surface area contributed by atoms with Crippen LogP contribution < -0.4 is 4.74 Å². The van der Waals surface area contributed by atoms with Crippen LogP contribution in [0.5, 0.6) is 5.75 Å². The fraction of sp³-hybridized carbons (Fsp3) is 0.333. The Bertz CT molecular complexity index is 1610. The molecule has 0 heterocycles. The first-order valence-electron chi connectivity index (χ1n) is 12.9. The highest BCUT2D eigenvalue weighted by atomic mass is 19.3. The SMILES string of the molecule is CCCC1CCC(c2cc3ccc(C(F)(F)Oc4cc(F)c5c(F)c(F)c(F)cc5c4)c(F)c3c(F)c2F)CC1. The van der Waals surface area contributed by atoms with Crippen LogP contribution in [0.25, 0.3) is 21.5 Å². The van der Waals surface area contributed by atoms with E-state index in [1.54, 1.807) is 0 Å². The molecule has 10 heteroatoms. The number of hydrogen-bond acceptors (Lipinski definition) is 1. The molecule has 4 aromatic carbocycles. The summed E-state index contributed by atoms with van der Waals surface area (Å²) in [4.78, 5) is 0. The maximum Gasteiger partial charge on any atom is 0.429 e. The third-order valence-electron chi connectivity index (χ3n) is 7.69. The van der Waals surface area contributed by atoms with Gasteiger partial charge >= 0.3 is 6.11 Å². The minimum absolute atomic E-state index is 0.0673. The Balaban J connectivity index is 1.49. The van der Waals surface area contributed by atoms with E-state index in [-0.39, 0.29) is 22.9 Å². The maximum atomic E-state index is 15.3. The molecule has 1 saturated carbocycles. The molecule has 1 aliphatic rings. The second-order valence-electron chi connectivity index (χ2n) is 10.2. The standard InChI is InChI=1S/C30H23F9O/c1-2-3-14-4-6-15(7-5-14)19-11-16-8-9-20(26(34)24(16)29(37)25(19)33)30(38,39)40-18-10-17-12-22(32)27(35)28(36)23(17)21(31)13-18/h8-15H,2-7H2,1H3. The average molecular weight is 570 g/mol. The van der Waals surface area contributed by atoms with E-state index >= 15 is 22.0 Å². The molecule has 5 rings (SSSR count). The summed E-state index contributed by atoms with van der Waals surface area (Å²) in [5.41, 5.74) is -1.40. The van der Waals surface area contributed by atoms with E-state index in [2.05, 4.69) is 11.7 Å². The first-order chi connectivity index (χ1) is 18.9. The van der Waals surface area contributed by atoms with Crippen molar-refractivity contribution in [1.82, 2.24) is 0 Å². The van der Waals surface area contributed by atoms with Crippen LogP contribution in [-0.4, -0.2) is 0 Å². The first-order valence-corrected chi connectivity index (χ1v) is 12.9. The second kappa shape index (κ2) is 10.5. The Morgan fingerprint density at radius 1 is 0.700 bits per heavy atom. The minimum atomic E-state index is -4.55. The normalized spacial score (nSPS) is 18.1. The number of fused-ring (bicyclic) bond motifs is 2. The van der Waals surface area contributed by atoms with E-state index in [1.165, 1.54) is 6.07 Å². The van der Waals surface area contributed by atoms with Crippen LogP contribution in [0.1, 0.15) is 62.5 Å². The number of benzene rings is 4. The lowest BCUT2D eigenvalue weighted by Gasteiger charge is -2.29. The molecule has 212 valence electrons. The summed E-state index contributed by atoms with van der Waals surface area (Å²) in [6.07, 6.45) is 0.468. The molecule has 0 unspecified atom stereocenters. The largest absolute Gasteiger partial charge is 0.429 e. The molecule has 0 saturated heterocycles. The van der Waals surface area contributed by atoms with Gasteiger partial charge in [-0.05, 0) is 78.1 Å². The lowest BCUT2D eigenvalue weighted by molar-refractivity contribution is -0.187. The number of rotatable bonds is 6. The van der Waals surface area contributed by atoms with E-state index < -0.39 is 74.3 Å². The zero-order chi connectivity index (χ0) is 28.9. The molecular formula is C30H23F9O. The summed E-state index contributed by atoms with van der Waals surface area (Å²) in [6, 6.07) is 4.20. The van der Waals surface area contributed by atoms with Crippen molar-refractivity contribution >= 4 is 21.5 Å². The van der Waals surface area contributed by atoms with Crippen LogP contribution in [0.2, 0.25) is 0 Å². The van der Waals surface area contributed by atoms with Crippen molar-refractivity contribution in [1.29, 1.82) is 0 Å². The zero-order valence-corrected chi connectivity index (χ0v) is 21.2. The van der Waals surface area contributed by atoms with Crippen molar-refractivity contribution in [3.63, 3.8) is 0 Å². The number of alkyl halides is 2. The third-order valence-corrected chi connectivity index (χ3v) is 7.69. The lowest BCUT2D eigenvalue weighted by atomic mass is 9.76. The van der Waals surface area contributed by atoms with Gasteiger partial charge < -0.3 is 4.74 Å². The molecule has 4 aromatic rings. The van der Waals surface area contributed by atoms with Crippen molar-refractivity contribution < 1.29 is 44.3 Å². The Kier molecular flexibility index (Phi) is 7.39. The molecule has 1 fully saturated rings. The van der Waals surface area contributed by atoms with Crippen molar-refractivity contribution in [2.75, 3.05) is 0 Å². The van der Waals surface area contributed by atoms with Gasteiger partial charge in [0.05, 0.1) is 10.8 Å². The number of halogens is 9. The fourth-order valence-corrected chi connectivity index (χ4v) is 5.72. The van der Waals surface area contributed by atoms with Gasteiger partial charge in [-0.25, -0.2) is 30.7 Å². The Morgan fingerprint density at radius 3 is 2.05 bits per heavy atom. The molecular weight excluding hydrogens is 547 g/mol. The quantitative estimate of drug-likeness (QED) is 0.166. The highest BCUT2D eigenvalue weighted by Crippen LogP contribution is 2.43. The zero-order valence-electron chi connectivity index (χ0n) is 21.2. The van der Waals surface area contributed by atoms with E-state index in [0.717, 1.165) is 31.7 Å². The van der Waals surface area contributed by atoms with Gasteiger partial charge in [-0.2, -0.15) is 8.78 Å². The van der Waals surface area contributed by atoms with Gasteiger partial charge in [-0.3, -0.25) is 0 Å². The summed E-state index contributed by atoms with van der Waals surface area (Å²) in [6.45, 7) is 2.08. The molecule has 1 aliphatic carbocycles. The molecule has 0 atom stereocenters. The molecule has 40 heavy (non-hydrogen) atoms. The minimum Gasteiger partial charge on any atom is -0.429 e. The van der Waals surface area contributed by atoms with Crippen LogP contribution >= 0.6 is 0 Å². The predicted molar refractivity (Wildman–Crippen MR) is 132 cm³/mol. The topological polar surface area (TPSA) is 9.23 Å². The van der Waals surface area contributed by atoms with Gasteiger partial charge in [0.1, 0.15) is 22.9 Å².